The summed E-state index contributed by atoms with van der Waals surface area (Å²) in [5, 5.41) is 0.0612. The van der Waals surface area contributed by atoms with Gasteiger partial charge in [0.25, 0.3) is 0 Å². The molecule has 0 fully saturated rings. The van der Waals surface area contributed by atoms with E-state index in [4.69, 9.17) is 8.85 Å². The minimum Gasteiger partial charge on any atom is -1.00 e. The quantitative estimate of drug-likeness (QED) is 0.554. The maximum absolute atomic E-state index is 10.8. The van der Waals surface area contributed by atoms with Crippen LogP contribution in [0.2, 0.25) is 6.55 Å². The first-order valence-electron chi connectivity index (χ1n) is 4.01. The number of hydrogen-bond donors (Lipinski definition) is 0. The van der Waals surface area contributed by atoms with E-state index in [1.54, 1.807) is 0 Å². The molecule has 0 heterocycles. The maximum atomic E-state index is 10.8. The normalized spacial score (nSPS) is 10.8. The largest absolute Gasteiger partial charge is 1.00 e. The van der Waals surface area contributed by atoms with Gasteiger partial charge in [0, 0.05) is 20.1 Å². The molecule has 6 heteroatoms. The fourth-order valence-corrected chi connectivity index (χ4v) is 5.29. The van der Waals surface area contributed by atoms with Gasteiger partial charge >= 0.3 is 26.6 Å². The van der Waals surface area contributed by atoms with Crippen molar-refractivity contribution in [2.75, 3.05) is 13.2 Å². The zero-order valence-electron chi connectivity index (χ0n) is 10.0. The standard InChI is InChI=1S/C7H16O3SSi.Li.H/c1-5-9-12(4,10-6-2)11-7(3)8;;/h5-6H2,1-4H3;;/q;+1;-1. The Hall–Kier alpha value is 0.754. The van der Waals surface area contributed by atoms with Gasteiger partial charge in [0.15, 0.2) is 5.12 Å². The van der Waals surface area contributed by atoms with Crippen molar-refractivity contribution in [3.8, 4) is 0 Å². The van der Waals surface area contributed by atoms with Crippen LogP contribution >= 0.6 is 11.2 Å². The number of carbonyl (C=O) groups is 1. The summed E-state index contributed by atoms with van der Waals surface area (Å²) >= 11 is 1.21. The van der Waals surface area contributed by atoms with Gasteiger partial charge in [-0.05, 0) is 20.4 Å². The van der Waals surface area contributed by atoms with Crippen molar-refractivity contribution in [2.24, 2.45) is 0 Å². The molecular formula is C7H17LiO3SSi. The number of rotatable bonds is 5. The summed E-state index contributed by atoms with van der Waals surface area (Å²) in [4.78, 5) is 10.8. The Bertz CT molecular complexity index is 156. The molecule has 0 saturated carbocycles. The summed E-state index contributed by atoms with van der Waals surface area (Å²) in [5.41, 5.74) is 0. The van der Waals surface area contributed by atoms with Crippen LogP contribution in [0.1, 0.15) is 22.2 Å². The van der Waals surface area contributed by atoms with Crippen LogP contribution in [0.4, 0.5) is 0 Å². The van der Waals surface area contributed by atoms with Crippen molar-refractivity contribution in [1.29, 1.82) is 0 Å². The summed E-state index contributed by atoms with van der Waals surface area (Å²) in [6, 6.07) is 0. The molecule has 0 radical (unpaired) electrons. The van der Waals surface area contributed by atoms with Gasteiger partial charge in [-0.2, -0.15) is 0 Å². The molecule has 0 aromatic rings. The van der Waals surface area contributed by atoms with Gasteiger partial charge in [-0.25, -0.2) is 0 Å². The first kappa shape index (κ1) is 16.2. The number of carbonyl (C=O) groups excluding carboxylic acids is 1. The van der Waals surface area contributed by atoms with Crippen LogP contribution in [0.3, 0.4) is 0 Å². The molecule has 0 saturated heterocycles. The van der Waals surface area contributed by atoms with E-state index < -0.39 is 7.71 Å². The van der Waals surface area contributed by atoms with E-state index in [1.165, 1.54) is 18.1 Å². The molecule has 0 aliphatic heterocycles. The van der Waals surface area contributed by atoms with Crippen LogP contribution in [-0.2, 0) is 13.6 Å². The van der Waals surface area contributed by atoms with Gasteiger partial charge in [0.05, 0.1) is 0 Å². The molecule has 0 aliphatic rings. The Morgan fingerprint density at radius 1 is 1.38 bits per heavy atom. The van der Waals surface area contributed by atoms with Crippen LogP contribution in [-0.4, -0.2) is 26.0 Å². The van der Waals surface area contributed by atoms with Gasteiger partial charge in [-0.1, -0.05) is 11.2 Å². The average Bonchev–Trinajstić information content (AvgIpc) is 1.85. The Morgan fingerprint density at radius 3 is 2.00 bits per heavy atom. The number of hydrogen-bond acceptors (Lipinski definition) is 4. The summed E-state index contributed by atoms with van der Waals surface area (Å²) in [5.74, 6) is 0. The molecule has 74 valence electrons. The molecule has 3 nitrogen and oxygen atoms in total. The van der Waals surface area contributed by atoms with E-state index in [0.29, 0.717) is 13.2 Å². The van der Waals surface area contributed by atoms with Gasteiger partial charge in [0.2, 0.25) is 0 Å². The first-order valence-corrected chi connectivity index (χ1v) is 7.87. The third-order valence-corrected chi connectivity index (χ3v) is 6.11. The molecule has 0 aromatic heterocycles. The summed E-state index contributed by atoms with van der Waals surface area (Å²) in [6.45, 7) is 8.45. The second-order valence-electron chi connectivity index (χ2n) is 2.32. The van der Waals surface area contributed by atoms with Crippen molar-refractivity contribution in [1.82, 2.24) is 0 Å². The molecule has 0 unspecified atom stereocenters. The van der Waals surface area contributed by atoms with Crippen LogP contribution in [0, 0.1) is 0 Å². The second kappa shape index (κ2) is 8.09. The topological polar surface area (TPSA) is 35.5 Å². The van der Waals surface area contributed by atoms with Gasteiger partial charge < -0.3 is 10.3 Å². The Balaban J connectivity index is -0.000000605. The zero-order chi connectivity index (χ0) is 9.61. The van der Waals surface area contributed by atoms with E-state index in [0.717, 1.165) is 0 Å². The molecule has 0 N–H and O–H groups in total. The minimum absolute atomic E-state index is 0. The summed E-state index contributed by atoms with van der Waals surface area (Å²) in [6.07, 6.45) is 0. The third kappa shape index (κ3) is 7.80. The molecule has 13 heavy (non-hydrogen) atoms. The molecule has 0 spiro atoms. The SMILES string of the molecule is CCO[Si](C)(OCC)SC(C)=O.[H-].[Li+]. The van der Waals surface area contributed by atoms with Crippen LogP contribution in [0.5, 0.6) is 0 Å². The predicted octanol–water partition coefficient (Wildman–Crippen LogP) is -0.976. The molecular weight excluding hydrogens is 199 g/mol. The van der Waals surface area contributed by atoms with Crippen molar-refractivity contribution < 1.29 is 33.9 Å². The molecule has 0 aliphatic carbocycles. The Kier molecular flexibility index (Phi) is 10.1. The summed E-state index contributed by atoms with van der Waals surface area (Å²) < 4.78 is 10.9. The fourth-order valence-electron chi connectivity index (χ4n) is 0.886. The zero-order valence-corrected chi connectivity index (χ0v) is 10.9. The summed E-state index contributed by atoms with van der Waals surface area (Å²) in [7, 11) is -2.25. The molecule has 0 rings (SSSR count). The van der Waals surface area contributed by atoms with Crippen molar-refractivity contribution in [3.63, 3.8) is 0 Å². The molecule has 0 aromatic carbocycles. The van der Waals surface area contributed by atoms with E-state index >= 15 is 0 Å². The van der Waals surface area contributed by atoms with Gasteiger partial charge in [-0.3, -0.25) is 4.79 Å². The van der Waals surface area contributed by atoms with Crippen molar-refractivity contribution >= 4 is 24.0 Å². The van der Waals surface area contributed by atoms with E-state index in [2.05, 4.69) is 0 Å². The van der Waals surface area contributed by atoms with E-state index in [9.17, 15) is 4.79 Å². The second-order valence-corrected chi connectivity index (χ2v) is 8.24. The van der Waals surface area contributed by atoms with Gasteiger partial charge in [-0.15, -0.1) is 0 Å². The third-order valence-electron chi connectivity index (χ3n) is 1.14. The minimum atomic E-state index is -2.25. The van der Waals surface area contributed by atoms with Crippen LogP contribution in [0.25, 0.3) is 0 Å². The molecule has 0 atom stereocenters. The van der Waals surface area contributed by atoms with E-state index in [1.807, 2.05) is 20.4 Å². The van der Waals surface area contributed by atoms with Crippen LogP contribution < -0.4 is 18.9 Å². The van der Waals surface area contributed by atoms with Crippen molar-refractivity contribution in [2.45, 2.75) is 27.3 Å². The maximum Gasteiger partial charge on any atom is 1.00 e. The predicted molar refractivity (Wildman–Crippen MR) is 54.3 cm³/mol. The Morgan fingerprint density at radius 2 is 1.77 bits per heavy atom. The molecule has 0 bridgehead atoms. The van der Waals surface area contributed by atoms with E-state index in [-0.39, 0.29) is 25.4 Å². The van der Waals surface area contributed by atoms with Crippen LogP contribution in [0.15, 0.2) is 0 Å². The van der Waals surface area contributed by atoms with Gasteiger partial charge in [0.1, 0.15) is 0 Å². The fraction of sp³-hybridized carbons (Fsp3) is 0.857. The molecule has 0 amide bonds. The Labute approximate surface area is 98.5 Å². The smallest absolute Gasteiger partial charge is 1.00 e. The average molecular weight is 216 g/mol. The first-order chi connectivity index (χ1) is 5.54. The van der Waals surface area contributed by atoms with Crippen molar-refractivity contribution in [3.05, 3.63) is 0 Å². The monoisotopic (exact) mass is 216 g/mol.